The van der Waals surface area contributed by atoms with Gasteiger partial charge >= 0.3 is 0 Å². The van der Waals surface area contributed by atoms with E-state index in [-0.39, 0.29) is 22.9 Å². The Balaban J connectivity index is 1.70. The topological polar surface area (TPSA) is 107 Å². The lowest BCUT2D eigenvalue weighted by atomic mass is 10.1. The van der Waals surface area contributed by atoms with Crippen LogP contribution in [0.3, 0.4) is 0 Å². The predicted octanol–water partition coefficient (Wildman–Crippen LogP) is 4.95. The maximum atomic E-state index is 13.5. The summed E-state index contributed by atoms with van der Waals surface area (Å²) in [5, 5.41) is 14.8. The number of fused-ring (bicyclic) bond motifs is 1. The van der Waals surface area contributed by atoms with Gasteiger partial charge in [-0.2, -0.15) is 0 Å². The van der Waals surface area contributed by atoms with E-state index in [0.29, 0.717) is 27.3 Å². The molecule has 0 radical (unpaired) electrons. The van der Waals surface area contributed by atoms with Crippen LogP contribution in [0.1, 0.15) is 16.7 Å². The van der Waals surface area contributed by atoms with Gasteiger partial charge in [0.1, 0.15) is 0 Å². The van der Waals surface area contributed by atoms with Gasteiger partial charge in [0.05, 0.1) is 38.5 Å². The van der Waals surface area contributed by atoms with Crippen molar-refractivity contribution in [3.05, 3.63) is 97.8 Å². The smallest absolute Gasteiger partial charge is 0.274 e. The minimum atomic E-state index is -0.484. The number of benzene rings is 3. The summed E-state index contributed by atoms with van der Waals surface area (Å²) in [7, 11) is 0. The van der Waals surface area contributed by atoms with Gasteiger partial charge < -0.3 is 5.32 Å². The average Bonchev–Trinajstić information content (AvgIpc) is 2.80. The molecule has 0 aliphatic rings. The van der Waals surface area contributed by atoms with Crippen LogP contribution in [0.15, 0.2) is 70.6 Å². The monoisotopic (exact) mass is 474 g/mol. The van der Waals surface area contributed by atoms with E-state index >= 15 is 0 Å². The van der Waals surface area contributed by atoms with Gasteiger partial charge in [0, 0.05) is 6.07 Å². The number of hydrogen-bond acceptors (Lipinski definition) is 6. The van der Waals surface area contributed by atoms with Gasteiger partial charge in [0.15, 0.2) is 5.16 Å². The number of carbonyl (C=O) groups is 1. The Morgan fingerprint density at radius 2 is 1.71 bits per heavy atom. The fraction of sp³-hybridized carbons (Fsp3) is 0.160. The molecule has 34 heavy (non-hydrogen) atoms. The maximum absolute atomic E-state index is 13.5. The van der Waals surface area contributed by atoms with Crippen LogP contribution in [-0.4, -0.2) is 26.1 Å². The van der Waals surface area contributed by atoms with Gasteiger partial charge in [0.25, 0.3) is 11.2 Å². The number of thioether (sulfide) groups is 1. The highest BCUT2D eigenvalue weighted by Gasteiger charge is 2.19. The Morgan fingerprint density at radius 3 is 2.41 bits per heavy atom. The van der Waals surface area contributed by atoms with Crippen LogP contribution < -0.4 is 10.9 Å². The highest BCUT2D eigenvalue weighted by Crippen LogP contribution is 2.27. The van der Waals surface area contributed by atoms with Crippen LogP contribution in [0.5, 0.6) is 0 Å². The number of aryl methyl sites for hydroxylation is 2. The van der Waals surface area contributed by atoms with Crippen molar-refractivity contribution in [2.45, 2.75) is 25.9 Å². The number of nitro groups is 1. The molecule has 0 atom stereocenters. The van der Waals surface area contributed by atoms with Crippen molar-refractivity contribution in [2.24, 2.45) is 0 Å². The van der Waals surface area contributed by atoms with Gasteiger partial charge in [-0.15, -0.1) is 0 Å². The van der Waals surface area contributed by atoms with Crippen molar-refractivity contribution in [1.29, 1.82) is 0 Å². The highest BCUT2D eigenvalue weighted by atomic mass is 32.2. The van der Waals surface area contributed by atoms with Crippen LogP contribution in [0.4, 0.5) is 11.4 Å². The van der Waals surface area contributed by atoms with Crippen molar-refractivity contribution < 1.29 is 9.72 Å². The fourth-order valence-corrected chi connectivity index (χ4v) is 4.64. The first-order chi connectivity index (χ1) is 16.3. The number of nitrogens with zero attached hydrogens (tertiary/aromatic N) is 3. The third-order valence-corrected chi connectivity index (χ3v) is 6.45. The van der Waals surface area contributed by atoms with E-state index in [1.807, 2.05) is 38.1 Å². The molecule has 172 valence electrons. The predicted molar refractivity (Wildman–Crippen MR) is 134 cm³/mol. The molecule has 3 aromatic carbocycles. The van der Waals surface area contributed by atoms with E-state index in [1.54, 1.807) is 35.8 Å². The van der Waals surface area contributed by atoms with Gasteiger partial charge in [0.2, 0.25) is 5.91 Å². The zero-order chi connectivity index (χ0) is 24.4. The molecule has 0 saturated heterocycles. The molecule has 4 rings (SSSR count). The Labute approximate surface area is 199 Å². The Hall–Kier alpha value is -3.98. The standard InChI is InChI=1S/C25H22N4O4S/c1-15-8-6-9-16(2)23(15)28-24(31)18-10-4-5-11-20(18)27-25(28)34-14-22(30)26-19-12-7-13-21(17(19)3)29(32)33/h4-13H,14H2,1-3H3,(H,26,30). The van der Waals surface area contributed by atoms with E-state index in [1.165, 1.54) is 12.1 Å². The number of anilines is 1. The molecule has 0 saturated carbocycles. The SMILES string of the molecule is Cc1cccc(C)c1-n1c(SCC(=O)Nc2cccc([N+](=O)[O-])c2C)nc2ccccc2c1=O. The maximum Gasteiger partial charge on any atom is 0.274 e. The number of amides is 1. The zero-order valence-electron chi connectivity index (χ0n) is 18.9. The number of aromatic nitrogens is 2. The van der Waals surface area contributed by atoms with Crippen molar-refractivity contribution in [3.8, 4) is 5.69 Å². The first-order valence-electron chi connectivity index (χ1n) is 10.5. The number of nitrogens with one attached hydrogen (secondary N) is 1. The number of nitro benzene ring substituents is 1. The summed E-state index contributed by atoms with van der Waals surface area (Å²) < 4.78 is 1.56. The number of hydrogen-bond donors (Lipinski definition) is 1. The van der Waals surface area contributed by atoms with Crippen molar-refractivity contribution in [3.63, 3.8) is 0 Å². The highest BCUT2D eigenvalue weighted by molar-refractivity contribution is 7.99. The minimum Gasteiger partial charge on any atom is -0.325 e. The largest absolute Gasteiger partial charge is 0.325 e. The molecule has 0 aliphatic carbocycles. The molecule has 1 heterocycles. The quantitative estimate of drug-likeness (QED) is 0.183. The molecule has 0 bridgehead atoms. The van der Waals surface area contributed by atoms with E-state index in [0.717, 1.165) is 28.6 Å². The Morgan fingerprint density at radius 1 is 1.03 bits per heavy atom. The second kappa shape index (κ2) is 9.48. The lowest BCUT2D eigenvalue weighted by Crippen LogP contribution is -2.24. The summed E-state index contributed by atoms with van der Waals surface area (Å²) in [6, 6.07) is 17.4. The van der Waals surface area contributed by atoms with Crippen molar-refractivity contribution in [1.82, 2.24) is 9.55 Å². The summed E-state index contributed by atoms with van der Waals surface area (Å²) in [4.78, 5) is 41.6. The first kappa shape index (κ1) is 23.2. The Bertz CT molecular complexity index is 1480. The zero-order valence-corrected chi connectivity index (χ0v) is 19.7. The van der Waals surface area contributed by atoms with Crippen molar-refractivity contribution in [2.75, 3.05) is 11.1 Å². The van der Waals surface area contributed by atoms with Crippen LogP contribution in [0.25, 0.3) is 16.6 Å². The van der Waals surface area contributed by atoms with Gasteiger partial charge in [-0.05, 0) is 50.1 Å². The summed E-state index contributed by atoms with van der Waals surface area (Å²) in [5.41, 5.74) is 3.59. The molecule has 8 nitrogen and oxygen atoms in total. The van der Waals surface area contributed by atoms with Crippen LogP contribution >= 0.6 is 11.8 Å². The second-order valence-corrected chi connectivity index (χ2v) is 8.78. The molecule has 1 aromatic heterocycles. The molecular weight excluding hydrogens is 452 g/mol. The summed E-state index contributed by atoms with van der Waals surface area (Å²) in [6.07, 6.45) is 0. The molecular formula is C25H22N4O4S. The lowest BCUT2D eigenvalue weighted by molar-refractivity contribution is -0.385. The summed E-state index contributed by atoms with van der Waals surface area (Å²) in [5.74, 6) is -0.387. The third kappa shape index (κ3) is 4.42. The molecule has 0 aliphatic heterocycles. The second-order valence-electron chi connectivity index (χ2n) is 7.84. The first-order valence-corrected chi connectivity index (χ1v) is 11.5. The molecule has 1 N–H and O–H groups in total. The van der Waals surface area contributed by atoms with Crippen LogP contribution in [0, 0.1) is 30.9 Å². The number of para-hydroxylation sites is 2. The van der Waals surface area contributed by atoms with Gasteiger partial charge in [-0.1, -0.05) is 48.2 Å². The lowest BCUT2D eigenvalue weighted by Gasteiger charge is -2.17. The van der Waals surface area contributed by atoms with Crippen molar-refractivity contribution >= 4 is 39.9 Å². The molecule has 0 unspecified atom stereocenters. The molecule has 1 amide bonds. The average molecular weight is 475 g/mol. The third-order valence-electron chi connectivity index (χ3n) is 5.52. The number of carbonyl (C=O) groups excluding carboxylic acids is 1. The van der Waals surface area contributed by atoms with Crippen LogP contribution in [0.2, 0.25) is 0 Å². The molecule has 0 fully saturated rings. The molecule has 0 spiro atoms. The number of rotatable bonds is 6. The van der Waals surface area contributed by atoms with E-state index in [4.69, 9.17) is 0 Å². The van der Waals surface area contributed by atoms with E-state index < -0.39 is 4.92 Å². The summed E-state index contributed by atoms with van der Waals surface area (Å²) in [6.45, 7) is 5.44. The normalized spacial score (nSPS) is 10.9. The van der Waals surface area contributed by atoms with E-state index in [9.17, 15) is 19.7 Å². The molecule has 4 aromatic rings. The minimum absolute atomic E-state index is 0.0299. The van der Waals surface area contributed by atoms with Gasteiger partial charge in [-0.3, -0.25) is 24.3 Å². The van der Waals surface area contributed by atoms with Crippen LogP contribution in [-0.2, 0) is 4.79 Å². The van der Waals surface area contributed by atoms with Gasteiger partial charge in [-0.25, -0.2) is 4.98 Å². The van der Waals surface area contributed by atoms with E-state index in [2.05, 4.69) is 10.3 Å². The fourth-order valence-electron chi connectivity index (χ4n) is 3.84. The molecule has 9 heteroatoms. The summed E-state index contributed by atoms with van der Waals surface area (Å²) >= 11 is 1.14. The Kier molecular flexibility index (Phi) is 6.47.